The van der Waals surface area contributed by atoms with Crippen LogP contribution in [0.4, 0.5) is 0 Å². The highest BCUT2D eigenvalue weighted by atomic mass is 16.2. The second kappa shape index (κ2) is 6.15. The molecule has 19 heavy (non-hydrogen) atoms. The minimum atomic E-state index is -0.620. The average Bonchev–Trinajstić information content (AvgIpc) is 2.46. The maximum absolute atomic E-state index is 12.4. The van der Waals surface area contributed by atoms with Crippen LogP contribution in [0.1, 0.15) is 37.7 Å². The van der Waals surface area contributed by atoms with Crippen LogP contribution < -0.4 is 5.73 Å². The van der Waals surface area contributed by atoms with Crippen molar-refractivity contribution < 1.29 is 4.79 Å². The molecule has 1 aromatic rings. The van der Waals surface area contributed by atoms with Crippen LogP contribution in [-0.2, 0) is 11.2 Å². The smallest absolute Gasteiger partial charge is 0.242 e. The van der Waals surface area contributed by atoms with Gasteiger partial charge in [0.2, 0.25) is 5.91 Å². The van der Waals surface area contributed by atoms with Gasteiger partial charge in [0.1, 0.15) is 0 Å². The van der Waals surface area contributed by atoms with Gasteiger partial charge in [0.25, 0.3) is 0 Å². The topological polar surface area (TPSA) is 59.2 Å². The first-order chi connectivity index (χ1) is 9.12. The molecular formula is C15H23N3O. The van der Waals surface area contributed by atoms with Gasteiger partial charge in [-0.15, -0.1) is 0 Å². The number of aromatic nitrogens is 1. The molecule has 1 aromatic heterocycles. The van der Waals surface area contributed by atoms with Crippen LogP contribution in [0.2, 0.25) is 0 Å². The van der Waals surface area contributed by atoms with E-state index in [1.807, 2.05) is 19.2 Å². The Morgan fingerprint density at radius 3 is 2.58 bits per heavy atom. The van der Waals surface area contributed by atoms with Crippen molar-refractivity contribution in [1.82, 2.24) is 9.88 Å². The molecule has 0 unspecified atom stereocenters. The maximum Gasteiger partial charge on any atom is 0.242 e. The summed E-state index contributed by atoms with van der Waals surface area (Å²) in [6, 6.07) is 3.97. The zero-order valence-corrected chi connectivity index (χ0v) is 11.6. The second-order valence-electron chi connectivity index (χ2n) is 5.55. The van der Waals surface area contributed by atoms with Gasteiger partial charge in [0.15, 0.2) is 0 Å². The molecule has 0 aliphatic heterocycles. The van der Waals surface area contributed by atoms with Gasteiger partial charge in [-0.3, -0.25) is 9.78 Å². The molecule has 0 spiro atoms. The normalized spacial score (nSPS) is 18.0. The summed E-state index contributed by atoms with van der Waals surface area (Å²) >= 11 is 0. The summed E-state index contributed by atoms with van der Waals surface area (Å²) in [5.41, 5.74) is 6.85. The number of rotatable bonds is 4. The summed E-state index contributed by atoms with van der Waals surface area (Å²) in [5.74, 6) is 0.0984. The lowest BCUT2D eigenvalue weighted by atomic mass is 9.81. The molecule has 0 aromatic carbocycles. The lowest BCUT2D eigenvalue weighted by Crippen LogP contribution is -2.55. The Labute approximate surface area is 115 Å². The highest BCUT2D eigenvalue weighted by Crippen LogP contribution is 2.27. The summed E-state index contributed by atoms with van der Waals surface area (Å²) < 4.78 is 0. The van der Waals surface area contributed by atoms with Crippen molar-refractivity contribution in [2.75, 3.05) is 13.6 Å². The molecule has 1 aliphatic carbocycles. The summed E-state index contributed by atoms with van der Waals surface area (Å²) in [5, 5.41) is 0. The fourth-order valence-electron chi connectivity index (χ4n) is 2.72. The zero-order chi connectivity index (χ0) is 13.7. The number of amides is 1. The van der Waals surface area contributed by atoms with Crippen molar-refractivity contribution in [2.24, 2.45) is 5.73 Å². The Bertz CT molecular complexity index is 413. The van der Waals surface area contributed by atoms with Gasteiger partial charge < -0.3 is 10.6 Å². The molecule has 1 amide bonds. The zero-order valence-electron chi connectivity index (χ0n) is 11.6. The second-order valence-corrected chi connectivity index (χ2v) is 5.55. The number of carbonyl (C=O) groups is 1. The predicted molar refractivity (Wildman–Crippen MR) is 75.6 cm³/mol. The molecule has 1 aliphatic rings. The first-order valence-electron chi connectivity index (χ1n) is 7.05. The Morgan fingerprint density at radius 1 is 1.32 bits per heavy atom. The number of pyridine rings is 1. The van der Waals surface area contributed by atoms with E-state index in [0.717, 1.165) is 32.1 Å². The molecule has 1 heterocycles. The first kappa shape index (κ1) is 14.0. The van der Waals surface area contributed by atoms with Gasteiger partial charge in [-0.1, -0.05) is 19.3 Å². The highest BCUT2D eigenvalue weighted by Gasteiger charge is 2.36. The van der Waals surface area contributed by atoms with Crippen molar-refractivity contribution in [1.29, 1.82) is 0 Å². The van der Waals surface area contributed by atoms with E-state index < -0.39 is 5.54 Å². The molecule has 4 heteroatoms. The Morgan fingerprint density at radius 2 is 1.95 bits per heavy atom. The Balaban J connectivity index is 1.88. The van der Waals surface area contributed by atoms with E-state index in [4.69, 9.17) is 5.73 Å². The average molecular weight is 261 g/mol. The number of hydrogen-bond donors (Lipinski definition) is 1. The summed E-state index contributed by atoms with van der Waals surface area (Å²) in [6.45, 7) is 0.710. The van der Waals surface area contributed by atoms with E-state index in [1.165, 1.54) is 12.0 Å². The molecule has 4 nitrogen and oxygen atoms in total. The molecule has 0 bridgehead atoms. The van der Waals surface area contributed by atoms with E-state index in [2.05, 4.69) is 4.98 Å². The Kier molecular flexibility index (Phi) is 4.53. The van der Waals surface area contributed by atoms with E-state index in [9.17, 15) is 4.79 Å². The van der Waals surface area contributed by atoms with Crippen LogP contribution >= 0.6 is 0 Å². The highest BCUT2D eigenvalue weighted by molar-refractivity contribution is 5.86. The number of likely N-dealkylation sites (N-methyl/N-ethyl adjacent to an activating group) is 1. The SMILES string of the molecule is CN(CCc1ccncc1)C(=O)C1(N)CCCCC1. The van der Waals surface area contributed by atoms with Crippen LogP contribution in [0, 0.1) is 0 Å². The third kappa shape index (κ3) is 3.53. The quantitative estimate of drug-likeness (QED) is 0.898. The first-order valence-corrected chi connectivity index (χ1v) is 7.05. The summed E-state index contributed by atoms with van der Waals surface area (Å²) in [7, 11) is 1.85. The van der Waals surface area contributed by atoms with Crippen LogP contribution in [-0.4, -0.2) is 34.9 Å². The van der Waals surface area contributed by atoms with Crippen LogP contribution in [0.15, 0.2) is 24.5 Å². The largest absolute Gasteiger partial charge is 0.344 e. The molecule has 1 saturated carbocycles. The number of carbonyl (C=O) groups excluding carboxylic acids is 1. The van der Waals surface area contributed by atoms with Gasteiger partial charge in [-0.2, -0.15) is 0 Å². The van der Waals surface area contributed by atoms with Crippen molar-refractivity contribution >= 4 is 5.91 Å². The monoisotopic (exact) mass is 261 g/mol. The Hall–Kier alpha value is -1.42. The van der Waals surface area contributed by atoms with E-state index >= 15 is 0 Å². The van der Waals surface area contributed by atoms with Gasteiger partial charge >= 0.3 is 0 Å². The molecular weight excluding hydrogens is 238 g/mol. The van der Waals surface area contributed by atoms with Crippen molar-refractivity contribution in [3.8, 4) is 0 Å². The van der Waals surface area contributed by atoms with E-state index in [-0.39, 0.29) is 5.91 Å². The van der Waals surface area contributed by atoms with Crippen molar-refractivity contribution in [2.45, 2.75) is 44.1 Å². The molecule has 2 rings (SSSR count). The van der Waals surface area contributed by atoms with Crippen LogP contribution in [0.3, 0.4) is 0 Å². The van der Waals surface area contributed by atoms with Crippen LogP contribution in [0.25, 0.3) is 0 Å². The summed E-state index contributed by atoms with van der Waals surface area (Å²) in [4.78, 5) is 18.2. The molecule has 104 valence electrons. The third-order valence-corrected chi connectivity index (χ3v) is 4.00. The molecule has 0 saturated heterocycles. The summed E-state index contributed by atoms with van der Waals surface area (Å²) in [6.07, 6.45) is 9.40. The van der Waals surface area contributed by atoms with Crippen molar-refractivity contribution in [3.05, 3.63) is 30.1 Å². The minimum absolute atomic E-state index is 0.0984. The number of hydrogen-bond acceptors (Lipinski definition) is 3. The van der Waals surface area contributed by atoms with Gasteiger partial charge in [0, 0.05) is 26.0 Å². The third-order valence-electron chi connectivity index (χ3n) is 4.00. The maximum atomic E-state index is 12.4. The fourth-order valence-corrected chi connectivity index (χ4v) is 2.72. The number of nitrogens with zero attached hydrogens (tertiary/aromatic N) is 2. The lowest BCUT2D eigenvalue weighted by molar-refractivity contribution is -0.136. The van der Waals surface area contributed by atoms with Gasteiger partial charge in [-0.25, -0.2) is 0 Å². The number of nitrogens with two attached hydrogens (primary N) is 1. The molecule has 0 radical (unpaired) electrons. The minimum Gasteiger partial charge on any atom is -0.344 e. The van der Waals surface area contributed by atoms with Crippen molar-refractivity contribution in [3.63, 3.8) is 0 Å². The standard InChI is InChI=1S/C15H23N3O/c1-18(12-7-13-5-10-17-11-6-13)14(19)15(16)8-3-2-4-9-15/h5-6,10-11H,2-4,7-9,12,16H2,1H3. The van der Waals surface area contributed by atoms with E-state index in [1.54, 1.807) is 17.3 Å². The van der Waals surface area contributed by atoms with Crippen LogP contribution in [0.5, 0.6) is 0 Å². The van der Waals surface area contributed by atoms with Gasteiger partial charge in [-0.05, 0) is 37.0 Å². The molecule has 2 N–H and O–H groups in total. The van der Waals surface area contributed by atoms with E-state index in [0.29, 0.717) is 6.54 Å². The lowest BCUT2D eigenvalue weighted by Gasteiger charge is -2.35. The predicted octanol–water partition coefficient (Wildman–Crippen LogP) is 1.74. The fraction of sp³-hybridized carbons (Fsp3) is 0.600. The van der Waals surface area contributed by atoms with Gasteiger partial charge in [0.05, 0.1) is 5.54 Å². The molecule has 0 atom stereocenters. The molecule has 1 fully saturated rings.